The number of carbonyl (C=O) groups is 3. The molecule has 0 aromatic carbocycles. The van der Waals surface area contributed by atoms with Crippen molar-refractivity contribution in [1.29, 1.82) is 0 Å². The summed E-state index contributed by atoms with van der Waals surface area (Å²) in [6, 6.07) is 0. The molecule has 0 aliphatic heterocycles. The molecule has 1 aliphatic rings. The molecule has 0 aromatic heterocycles. The van der Waals surface area contributed by atoms with Crippen molar-refractivity contribution in [2.24, 2.45) is 11.8 Å². The fraction of sp³-hybridized carbons (Fsp3) is 0.667. The van der Waals surface area contributed by atoms with Crippen molar-refractivity contribution in [2.75, 3.05) is 0 Å². The molecule has 0 bridgehead atoms. The van der Waals surface area contributed by atoms with E-state index in [1.165, 1.54) is 0 Å². The standard InChI is InChI=1S/C9H9Cl3O4/c10-7(13)4-1-5(8(11)14)3-6(2-4)16-9(12)15/h4-6H,1-3H2. The van der Waals surface area contributed by atoms with Crippen LogP contribution in [0.1, 0.15) is 19.3 Å². The molecule has 0 aromatic rings. The van der Waals surface area contributed by atoms with Gasteiger partial charge in [-0.25, -0.2) is 4.79 Å². The first-order valence-electron chi connectivity index (χ1n) is 4.65. The number of hydrogen-bond donors (Lipinski definition) is 0. The first kappa shape index (κ1) is 13.7. The van der Waals surface area contributed by atoms with Gasteiger partial charge in [-0.1, -0.05) is 0 Å². The molecule has 1 aliphatic carbocycles. The SMILES string of the molecule is O=C(Cl)OC1CC(C(=O)Cl)CC(C(=O)Cl)C1. The molecule has 2 unspecified atom stereocenters. The molecule has 16 heavy (non-hydrogen) atoms. The number of hydrogen-bond acceptors (Lipinski definition) is 4. The first-order valence-corrected chi connectivity index (χ1v) is 5.78. The molecule has 1 saturated carbocycles. The van der Waals surface area contributed by atoms with Crippen LogP contribution in [0.25, 0.3) is 0 Å². The van der Waals surface area contributed by atoms with Crippen molar-refractivity contribution in [1.82, 2.24) is 0 Å². The third-order valence-corrected chi connectivity index (χ3v) is 3.27. The van der Waals surface area contributed by atoms with E-state index in [2.05, 4.69) is 0 Å². The van der Waals surface area contributed by atoms with Gasteiger partial charge in [0.1, 0.15) is 6.10 Å². The Labute approximate surface area is 107 Å². The average molecular weight is 288 g/mol. The van der Waals surface area contributed by atoms with E-state index in [9.17, 15) is 14.4 Å². The Morgan fingerprint density at radius 3 is 1.62 bits per heavy atom. The van der Waals surface area contributed by atoms with Crippen molar-refractivity contribution in [2.45, 2.75) is 25.4 Å². The lowest BCUT2D eigenvalue weighted by Gasteiger charge is -2.30. The van der Waals surface area contributed by atoms with Crippen molar-refractivity contribution < 1.29 is 19.1 Å². The Kier molecular flexibility index (Phi) is 5.02. The molecule has 0 spiro atoms. The zero-order valence-electron chi connectivity index (χ0n) is 8.12. The average Bonchev–Trinajstić information content (AvgIpc) is 2.15. The van der Waals surface area contributed by atoms with Crippen molar-refractivity contribution in [3.8, 4) is 0 Å². The Balaban J connectivity index is 2.69. The van der Waals surface area contributed by atoms with Crippen molar-refractivity contribution in [3.05, 3.63) is 0 Å². The second-order valence-electron chi connectivity index (χ2n) is 3.69. The van der Waals surface area contributed by atoms with Crippen LogP contribution >= 0.6 is 34.8 Å². The Morgan fingerprint density at radius 2 is 1.31 bits per heavy atom. The zero-order valence-corrected chi connectivity index (χ0v) is 10.4. The van der Waals surface area contributed by atoms with Gasteiger partial charge in [0.15, 0.2) is 0 Å². The smallest absolute Gasteiger partial charge is 0.404 e. The van der Waals surface area contributed by atoms with Crippen LogP contribution in [-0.2, 0) is 14.3 Å². The van der Waals surface area contributed by atoms with Gasteiger partial charge in [0.2, 0.25) is 10.5 Å². The molecule has 4 nitrogen and oxygen atoms in total. The minimum absolute atomic E-state index is 0.279. The molecule has 0 radical (unpaired) electrons. The maximum atomic E-state index is 11.0. The summed E-state index contributed by atoms with van der Waals surface area (Å²) in [5, 5.41) is -1.11. The molecular formula is C9H9Cl3O4. The Morgan fingerprint density at radius 1 is 0.875 bits per heavy atom. The monoisotopic (exact) mass is 286 g/mol. The highest BCUT2D eigenvalue weighted by atomic mass is 35.5. The highest BCUT2D eigenvalue weighted by molar-refractivity contribution is 6.65. The van der Waals surface area contributed by atoms with Crippen LogP contribution in [0.2, 0.25) is 0 Å². The summed E-state index contributed by atoms with van der Waals surface area (Å²) in [5.74, 6) is -1.05. The normalized spacial score (nSPS) is 29.6. The largest absolute Gasteiger partial charge is 0.450 e. The Bertz CT molecular complexity index is 296. The third kappa shape index (κ3) is 3.92. The number of halogens is 3. The lowest BCUT2D eigenvalue weighted by Crippen LogP contribution is -2.33. The van der Waals surface area contributed by atoms with Crippen LogP contribution < -0.4 is 0 Å². The van der Waals surface area contributed by atoms with Gasteiger partial charge in [0, 0.05) is 23.4 Å². The lowest BCUT2D eigenvalue weighted by atomic mass is 9.81. The zero-order chi connectivity index (χ0) is 12.3. The van der Waals surface area contributed by atoms with Crippen LogP contribution in [0.4, 0.5) is 4.79 Å². The molecule has 1 rings (SSSR count). The Hall–Kier alpha value is -0.320. The predicted octanol–water partition coefficient (Wildman–Crippen LogP) is 2.68. The van der Waals surface area contributed by atoms with Crippen LogP contribution in [0.15, 0.2) is 0 Å². The molecule has 7 heteroatoms. The van der Waals surface area contributed by atoms with Crippen LogP contribution in [-0.4, -0.2) is 22.0 Å². The second-order valence-corrected chi connectivity index (χ2v) is 4.74. The molecule has 0 amide bonds. The van der Waals surface area contributed by atoms with Gasteiger partial charge in [0.25, 0.3) is 0 Å². The minimum atomic E-state index is -0.964. The molecule has 1 fully saturated rings. The van der Waals surface area contributed by atoms with E-state index in [1.807, 2.05) is 0 Å². The maximum Gasteiger partial charge on any atom is 0.404 e. The molecule has 0 N–H and O–H groups in total. The summed E-state index contributed by atoms with van der Waals surface area (Å²) >= 11 is 15.8. The molecule has 2 atom stereocenters. The third-order valence-electron chi connectivity index (χ3n) is 2.57. The van der Waals surface area contributed by atoms with Gasteiger partial charge in [0.05, 0.1) is 0 Å². The summed E-state index contributed by atoms with van der Waals surface area (Å²) in [7, 11) is 0. The van der Waals surface area contributed by atoms with Crippen molar-refractivity contribution >= 4 is 50.7 Å². The summed E-state index contributed by atoms with van der Waals surface area (Å²) in [4.78, 5) is 32.6. The predicted molar refractivity (Wildman–Crippen MR) is 58.7 cm³/mol. The second kappa shape index (κ2) is 5.84. The molecular weight excluding hydrogens is 278 g/mol. The first-order chi connectivity index (χ1) is 7.40. The van der Waals surface area contributed by atoms with E-state index in [1.54, 1.807) is 0 Å². The van der Waals surface area contributed by atoms with Crippen LogP contribution in [0, 0.1) is 11.8 Å². The summed E-state index contributed by atoms with van der Waals surface area (Å²) < 4.78 is 4.76. The van der Waals surface area contributed by atoms with Gasteiger partial charge < -0.3 is 4.74 Å². The number of rotatable bonds is 3. The highest BCUT2D eigenvalue weighted by Gasteiger charge is 2.36. The topological polar surface area (TPSA) is 60.4 Å². The van der Waals surface area contributed by atoms with E-state index < -0.39 is 33.9 Å². The van der Waals surface area contributed by atoms with Crippen LogP contribution in [0.3, 0.4) is 0 Å². The summed E-state index contributed by atoms with van der Waals surface area (Å²) in [6.07, 6.45) is 0.267. The quantitative estimate of drug-likeness (QED) is 0.749. The van der Waals surface area contributed by atoms with Gasteiger partial charge >= 0.3 is 5.43 Å². The van der Waals surface area contributed by atoms with Gasteiger partial charge in [-0.05, 0) is 42.5 Å². The lowest BCUT2D eigenvalue weighted by molar-refractivity contribution is -0.122. The van der Waals surface area contributed by atoms with Crippen molar-refractivity contribution in [3.63, 3.8) is 0 Å². The highest BCUT2D eigenvalue weighted by Crippen LogP contribution is 2.34. The summed E-state index contributed by atoms with van der Waals surface area (Å²) in [5.41, 5.74) is -0.964. The molecule has 0 heterocycles. The number of carbonyl (C=O) groups excluding carboxylic acids is 3. The van der Waals surface area contributed by atoms with Crippen LogP contribution in [0.5, 0.6) is 0 Å². The fourth-order valence-electron chi connectivity index (χ4n) is 1.86. The summed E-state index contributed by atoms with van der Waals surface area (Å²) in [6.45, 7) is 0. The van der Waals surface area contributed by atoms with Gasteiger partial charge in [-0.15, -0.1) is 0 Å². The minimum Gasteiger partial charge on any atom is -0.450 e. The fourth-order valence-corrected chi connectivity index (χ4v) is 2.35. The van der Waals surface area contributed by atoms with E-state index in [0.29, 0.717) is 6.42 Å². The van der Waals surface area contributed by atoms with E-state index >= 15 is 0 Å². The van der Waals surface area contributed by atoms with Gasteiger partial charge in [-0.3, -0.25) is 9.59 Å². The van der Waals surface area contributed by atoms with E-state index in [4.69, 9.17) is 39.5 Å². The number of ether oxygens (including phenoxy) is 1. The van der Waals surface area contributed by atoms with E-state index in [0.717, 1.165) is 0 Å². The maximum absolute atomic E-state index is 11.0. The molecule has 90 valence electrons. The van der Waals surface area contributed by atoms with Gasteiger partial charge in [-0.2, -0.15) is 0 Å². The molecule has 0 saturated heterocycles. The van der Waals surface area contributed by atoms with E-state index in [-0.39, 0.29) is 12.8 Å².